The van der Waals surface area contributed by atoms with E-state index in [-0.39, 0.29) is 36.0 Å². The third-order valence-corrected chi connectivity index (χ3v) is 6.29. The number of aromatic nitrogens is 4. The number of nitrogen functional groups attached to an aromatic ring is 1. The Balaban J connectivity index is 1.30. The normalized spacial score (nSPS) is 22.9. The molecule has 1 fully saturated rings. The molecule has 0 bridgehead atoms. The number of imidazole rings is 1. The number of benzene rings is 1. The molecule has 3 amide bonds. The summed E-state index contributed by atoms with van der Waals surface area (Å²) >= 11 is 0. The van der Waals surface area contributed by atoms with Gasteiger partial charge in [-0.15, -0.1) is 0 Å². The average molecular weight is 496 g/mol. The van der Waals surface area contributed by atoms with Gasteiger partial charge in [0.05, 0.1) is 12.9 Å². The van der Waals surface area contributed by atoms with Crippen molar-refractivity contribution in [2.75, 3.05) is 24.1 Å². The fraction of sp³-hybridized carbons (Fsp3) is 0.364. The molecular weight excluding hydrogens is 472 g/mol. The molecule has 4 atom stereocenters. The number of fused-ring (bicyclic) bond motifs is 2. The van der Waals surface area contributed by atoms with Gasteiger partial charge >= 0.3 is 0 Å². The van der Waals surface area contributed by atoms with Crippen LogP contribution < -0.4 is 16.4 Å². The van der Waals surface area contributed by atoms with E-state index in [1.165, 1.54) is 22.1 Å². The lowest BCUT2D eigenvalue weighted by Crippen LogP contribution is -2.47. The van der Waals surface area contributed by atoms with E-state index >= 15 is 0 Å². The van der Waals surface area contributed by atoms with E-state index in [0.717, 1.165) is 0 Å². The Morgan fingerprint density at radius 2 is 2.08 bits per heavy atom. The number of carbonyl (C=O) groups excluding carboxylic acids is 3. The average Bonchev–Trinajstić information content (AvgIpc) is 3.55. The van der Waals surface area contributed by atoms with E-state index in [2.05, 4.69) is 25.6 Å². The van der Waals surface area contributed by atoms with Crippen LogP contribution in [0.15, 0.2) is 30.9 Å². The lowest BCUT2D eigenvalue weighted by molar-refractivity contribution is -0.150. The number of nitrogens with zero attached hydrogens (tertiary/aromatic N) is 5. The number of aliphatic hydroxyl groups is 2. The third-order valence-electron chi connectivity index (χ3n) is 6.29. The van der Waals surface area contributed by atoms with E-state index < -0.39 is 36.4 Å². The number of amides is 3. The molecule has 1 saturated heterocycles. The van der Waals surface area contributed by atoms with Gasteiger partial charge in [-0.2, -0.15) is 0 Å². The van der Waals surface area contributed by atoms with Crippen molar-refractivity contribution in [2.24, 2.45) is 0 Å². The SMILES string of the molecule is CCN(CC(=O)Nc1cccc2c1CNC2=O)C(=O)C1OC(n2cnc3c(N)ncnc32)C(O)C1O. The molecule has 188 valence electrons. The highest BCUT2D eigenvalue weighted by atomic mass is 16.6. The monoisotopic (exact) mass is 496 g/mol. The summed E-state index contributed by atoms with van der Waals surface area (Å²) in [7, 11) is 0. The maximum atomic E-state index is 13.2. The van der Waals surface area contributed by atoms with E-state index in [9.17, 15) is 24.6 Å². The van der Waals surface area contributed by atoms with E-state index in [0.29, 0.717) is 23.4 Å². The van der Waals surface area contributed by atoms with Gasteiger partial charge in [0.25, 0.3) is 11.8 Å². The maximum Gasteiger partial charge on any atom is 0.255 e. The Kier molecular flexibility index (Phi) is 5.99. The molecule has 4 unspecified atom stereocenters. The van der Waals surface area contributed by atoms with Gasteiger partial charge in [-0.1, -0.05) is 6.07 Å². The molecule has 3 aromatic rings. The number of nitrogens with two attached hydrogens (primary N) is 1. The first-order valence-electron chi connectivity index (χ1n) is 11.2. The number of hydrogen-bond donors (Lipinski definition) is 5. The van der Waals surface area contributed by atoms with Crippen LogP contribution in [-0.4, -0.2) is 83.8 Å². The molecule has 36 heavy (non-hydrogen) atoms. The van der Waals surface area contributed by atoms with Gasteiger partial charge in [0.1, 0.15) is 24.1 Å². The van der Waals surface area contributed by atoms with Crippen LogP contribution in [0.5, 0.6) is 0 Å². The van der Waals surface area contributed by atoms with Crippen molar-refractivity contribution in [2.45, 2.75) is 38.0 Å². The van der Waals surface area contributed by atoms with Crippen molar-refractivity contribution in [3.05, 3.63) is 42.0 Å². The fourth-order valence-corrected chi connectivity index (χ4v) is 4.41. The maximum absolute atomic E-state index is 13.2. The van der Waals surface area contributed by atoms with Crippen LogP contribution in [0.2, 0.25) is 0 Å². The Morgan fingerprint density at radius 3 is 2.86 bits per heavy atom. The van der Waals surface area contributed by atoms with Crippen molar-refractivity contribution in [1.29, 1.82) is 0 Å². The largest absolute Gasteiger partial charge is 0.387 e. The van der Waals surface area contributed by atoms with Crippen LogP contribution in [0.4, 0.5) is 11.5 Å². The first kappa shape index (κ1) is 23.6. The molecule has 5 rings (SSSR count). The van der Waals surface area contributed by atoms with Gasteiger partial charge in [-0.05, 0) is 19.1 Å². The highest BCUT2D eigenvalue weighted by molar-refractivity contribution is 6.02. The summed E-state index contributed by atoms with van der Waals surface area (Å²) in [4.78, 5) is 51.1. The number of aliphatic hydroxyl groups excluding tert-OH is 2. The molecule has 6 N–H and O–H groups in total. The van der Waals surface area contributed by atoms with Crippen LogP contribution in [0.3, 0.4) is 0 Å². The van der Waals surface area contributed by atoms with Gasteiger partial charge in [-0.3, -0.25) is 19.0 Å². The summed E-state index contributed by atoms with van der Waals surface area (Å²) in [5, 5.41) is 26.7. The Labute approximate surface area is 204 Å². The van der Waals surface area contributed by atoms with Crippen molar-refractivity contribution in [1.82, 2.24) is 29.7 Å². The van der Waals surface area contributed by atoms with Crippen LogP contribution >= 0.6 is 0 Å². The van der Waals surface area contributed by atoms with Gasteiger partial charge < -0.3 is 36.2 Å². The van der Waals surface area contributed by atoms with Crippen LogP contribution in [0.25, 0.3) is 11.2 Å². The summed E-state index contributed by atoms with van der Waals surface area (Å²) < 4.78 is 7.11. The van der Waals surface area contributed by atoms with Crippen molar-refractivity contribution in [3.8, 4) is 0 Å². The fourth-order valence-electron chi connectivity index (χ4n) is 4.41. The number of rotatable bonds is 6. The van der Waals surface area contributed by atoms with Gasteiger partial charge in [0.15, 0.2) is 23.8 Å². The second kappa shape index (κ2) is 9.14. The summed E-state index contributed by atoms with van der Waals surface area (Å²) in [5.41, 5.74) is 7.98. The summed E-state index contributed by atoms with van der Waals surface area (Å²) in [6, 6.07) is 5.00. The molecule has 0 spiro atoms. The van der Waals surface area contributed by atoms with Gasteiger partial charge in [-0.25, -0.2) is 15.0 Å². The minimum absolute atomic E-state index is 0.131. The molecule has 0 aliphatic carbocycles. The number of hydrogen-bond acceptors (Lipinski definition) is 10. The Hall–Kier alpha value is -4.14. The predicted molar refractivity (Wildman–Crippen MR) is 124 cm³/mol. The molecule has 4 heterocycles. The molecule has 14 nitrogen and oxygen atoms in total. The minimum atomic E-state index is -1.56. The highest BCUT2D eigenvalue weighted by Crippen LogP contribution is 2.33. The second-order valence-electron chi connectivity index (χ2n) is 8.43. The summed E-state index contributed by atoms with van der Waals surface area (Å²) in [6.07, 6.45) is -3.09. The number of carbonyl (C=O) groups is 3. The number of anilines is 2. The highest BCUT2D eigenvalue weighted by Gasteiger charge is 2.49. The van der Waals surface area contributed by atoms with E-state index in [1.807, 2.05) is 0 Å². The lowest BCUT2D eigenvalue weighted by atomic mass is 10.1. The van der Waals surface area contributed by atoms with Gasteiger partial charge in [0, 0.05) is 29.9 Å². The zero-order chi connectivity index (χ0) is 25.6. The first-order chi connectivity index (χ1) is 17.3. The van der Waals surface area contributed by atoms with E-state index in [4.69, 9.17) is 10.5 Å². The zero-order valence-electron chi connectivity index (χ0n) is 19.2. The molecule has 1 aromatic carbocycles. The zero-order valence-corrected chi connectivity index (χ0v) is 19.2. The molecule has 14 heteroatoms. The molecule has 2 aliphatic rings. The Bertz CT molecular complexity index is 1360. The summed E-state index contributed by atoms with van der Waals surface area (Å²) in [5.74, 6) is -1.25. The molecule has 2 aromatic heterocycles. The molecular formula is C22H24N8O6. The Morgan fingerprint density at radius 1 is 1.28 bits per heavy atom. The number of nitrogens with one attached hydrogen (secondary N) is 2. The quantitative estimate of drug-likeness (QED) is 0.275. The number of likely N-dealkylation sites (N-methyl/N-ethyl adjacent to an activating group) is 1. The third kappa shape index (κ3) is 3.90. The smallest absolute Gasteiger partial charge is 0.255 e. The van der Waals surface area contributed by atoms with Crippen molar-refractivity contribution >= 4 is 40.4 Å². The lowest BCUT2D eigenvalue weighted by Gasteiger charge is -2.25. The van der Waals surface area contributed by atoms with Crippen LogP contribution in [0, 0.1) is 0 Å². The topological polar surface area (TPSA) is 198 Å². The number of ether oxygens (including phenoxy) is 1. The predicted octanol–water partition coefficient (Wildman–Crippen LogP) is -1.24. The molecule has 2 aliphatic heterocycles. The van der Waals surface area contributed by atoms with Gasteiger partial charge in [0.2, 0.25) is 5.91 Å². The second-order valence-corrected chi connectivity index (χ2v) is 8.43. The van der Waals surface area contributed by atoms with Crippen molar-refractivity contribution in [3.63, 3.8) is 0 Å². The van der Waals surface area contributed by atoms with Crippen molar-refractivity contribution < 1.29 is 29.3 Å². The standard InChI is InChI=1S/C22H24N8O6/c1-2-29(7-13(31)28-12-5-3-4-10-11(12)6-24-20(10)34)21(35)17-15(32)16(33)22(36-17)30-9-27-14-18(23)25-8-26-19(14)30/h3-5,8-9,15-17,22,32-33H,2,6-7H2,1H3,(H,24,34)(H,28,31)(H2,23,25,26). The molecule has 0 saturated carbocycles. The van der Waals surface area contributed by atoms with Crippen LogP contribution in [-0.2, 0) is 20.9 Å². The van der Waals surface area contributed by atoms with Crippen LogP contribution in [0.1, 0.15) is 29.1 Å². The summed E-state index contributed by atoms with van der Waals surface area (Å²) in [6.45, 7) is 1.78. The molecule has 0 radical (unpaired) electrons. The van der Waals surface area contributed by atoms with E-state index in [1.54, 1.807) is 25.1 Å². The first-order valence-corrected chi connectivity index (χ1v) is 11.2. The minimum Gasteiger partial charge on any atom is -0.387 e.